The average Bonchev–Trinajstić information content (AvgIpc) is 3.29. The first-order valence-corrected chi connectivity index (χ1v) is 30.4. The molecule has 0 aliphatic carbocycles. The third kappa shape index (κ3) is 52.4. The number of unbranched alkanes of at least 4 members (excludes halogenated alkanes) is 36. The maximum Gasteiger partial charge on any atom is 0.472 e. The van der Waals surface area contributed by atoms with Crippen molar-refractivity contribution < 1.29 is 32.9 Å². The first-order valence-electron chi connectivity index (χ1n) is 28.9. The zero-order chi connectivity index (χ0) is 49.2. The number of aliphatic hydroxyl groups excluding tert-OH is 1. The Morgan fingerprint density at radius 1 is 0.493 bits per heavy atom. The van der Waals surface area contributed by atoms with Gasteiger partial charge in [0.25, 0.3) is 0 Å². The van der Waals surface area contributed by atoms with Crippen LogP contribution in [-0.2, 0) is 18.4 Å². The summed E-state index contributed by atoms with van der Waals surface area (Å²) in [6.07, 6.45) is 64.0. The normalized spacial score (nSPS) is 14.2. The summed E-state index contributed by atoms with van der Waals surface area (Å²) >= 11 is 0. The molecule has 0 aromatic rings. The molecule has 396 valence electrons. The Labute approximate surface area is 417 Å². The number of hydrogen-bond acceptors (Lipinski definition) is 5. The number of likely N-dealkylation sites (N-methyl/N-ethyl adjacent to an activating group) is 1. The van der Waals surface area contributed by atoms with Crippen molar-refractivity contribution in [1.82, 2.24) is 5.32 Å². The molecule has 8 nitrogen and oxygen atoms in total. The molecule has 0 saturated heterocycles. The summed E-state index contributed by atoms with van der Waals surface area (Å²) in [5.74, 6) is -0.187. The molecule has 1 amide bonds. The molecule has 0 aliphatic heterocycles. The van der Waals surface area contributed by atoms with Crippen LogP contribution in [0.15, 0.2) is 36.5 Å². The van der Waals surface area contributed by atoms with E-state index in [9.17, 15) is 19.4 Å². The highest BCUT2D eigenvalue weighted by molar-refractivity contribution is 7.47. The molecule has 3 unspecified atom stereocenters. The highest BCUT2D eigenvalue weighted by Crippen LogP contribution is 2.43. The van der Waals surface area contributed by atoms with E-state index in [1.54, 1.807) is 6.08 Å². The van der Waals surface area contributed by atoms with Gasteiger partial charge in [-0.25, -0.2) is 4.57 Å². The molecule has 3 atom stereocenters. The molecule has 0 saturated carbocycles. The molecule has 9 heteroatoms. The lowest BCUT2D eigenvalue weighted by atomic mass is 10.0. The number of phosphoric ester groups is 1. The lowest BCUT2D eigenvalue weighted by Gasteiger charge is -2.25. The van der Waals surface area contributed by atoms with E-state index in [1.807, 2.05) is 27.2 Å². The van der Waals surface area contributed by atoms with Crippen molar-refractivity contribution >= 4 is 13.7 Å². The van der Waals surface area contributed by atoms with Gasteiger partial charge in [0.05, 0.1) is 39.9 Å². The minimum atomic E-state index is -4.36. The number of phosphoric acid groups is 1. The summed E-state index contributed by atoms with van der Waals surface area (Å²) in [6.45, 7) is 4.82. The van der Waals surface area contributed by atoms with E-state index in [1.165, 1.54) is 212 Å². The largest absolute Gasteiger partial charge is 0.472 e. The maximum atomic E-state index is 13.0. The second-order valence-corrected chi connectivity index (χ2v) is 22.5. The van der Waals surface area contributed by atoms with Crippen LogP contribution >= 0.6 is 7.82 Å². The lowest BCUT2D eigenvalue weighted by molar-refractivity contribution is -0.870. The van der Waals surface area contributed by atoms with Crippen molar-refractivity contribution in [3.05, 3.63) is 36.5 Å². The van der Waals surface area contributed by atoms with Gasteiger partial charge in [0.15, 0.2) is 0 Å². The summed E-state index contributed by atoms with van der Waals surface area (Å²) in [5, 5.41) is 13.9. The molecular formula is C58H114N2O6P+. The number of amides is 1. The second kappa shape index (κ2) is 49.7. The summed E-state index contributed by atoms with van der Waals surface area (Å²) in [7, 11) is 1.56. The number of allylic oxidation sites excluding steroid dienone is 5. The summed E-state index contributed by atoms with van der Waals surface area (Å²) < 4.78 is 23.7. The van der Waals surface area contributed by atoms with E-state index in [0.29, 0.717) is 17.4 Å². The topological polar surface area (TPSA) is 105 Å². The molecular weight excluding hydrogens is 852 g/mol. The first-order chi connectivity index (χ1) is 32.5. The molecule has 0 aliphatic rings. The van der Waals surface area contributed by atoms with E-state index in [0.717, 1.165) is 44.9 Å². The van der Waals surface area contributed by atoms with E-state index in [-0.39, 0.29) is 19.1 Å². The zero-order valence-corrected chi connectivity index (χ0v) is 46.0. The molecule has 0 rings (SSSR count). The Morgan fingerprint density at radius 2 is 0.821 bits per heavy atom. The third-order valence-corrected chi connectivity index (χ3v) is 14.1. The van der Waals surface area contributed by atoms with Crippen LogP contribution in [0.3, 0.4) is 0 Å². The summed E-state index contributed by atoms with van der Waals surface area (Å²) in [5.41, 5.74) is 0. The van der Waals surface area contributed by atoms with Crippen LogP contribution in [-0.4, -0.2) is 73.4 Å². The summed E-state index contributed by atoms with van der Waals surface area (Å²) in [6, 6.07) is -0.867. The van der Waals surface area contributed by atoms with Crippen LogP contribution in [0.5, 0.6) is 0 Å². The quantitative estimate of drug-likeness (QED) is 0.0243. The van der Waals surface area contributed by atoms with Crippen molar-refractivity contribution in [3.63, 3.8) is 0 Å². The Hall–Kier alpha value is -1.28. The van der Waals surface area contributed by atoms with Gasteiger partial charge >= 0.3 is 7.82 Å². The maximum absolute atomic E-state index is 13.0. The van der Waals surface area contributed by atoms with Crippen LogP contribution in [0.1, 0.15) is 277 Å². The van der Waals surface area contributed by atoms with Gasteiger partial charge in [0.1, 0.15) is 13.2 Å². The molecule has 67 heavy (non-hydrogen) atoms. The minimum absolute atomic E-state index is 0.0551. The van der Waals surface area contributed by atoms with Crippen molar-refractivity contribution in [3.8, 4) is 0 Å². The first kappa shape index (κ1) is 65.7. The predicted octanol–water partition coefficient (Wildman–Crippen LogP) is 17.4. The number of nitrogens with one attached hydrogen (secondary N) is 1. The second-order valence-electron chi connectivity index (χ2n) is 21.0. The third-order valence-electron chi connectivity index (χ3n) is 13.1. The van der Waals surface area contributed by atoms with Gasteiger partial charge in [-0.15, -0.1) is 0 Å². The van der Waals surface area contributed by atoms with Crippen LogP contribution in [0.4, 0.5) is 0 Å². The van der Waals surface area contributed by atoms with Crippen molar-refractivity contribution in [2.75, 3.05) is 40.9 Å². The van der Waals surface area contributed by atoms with E-state index >= 15 is 0 Å². The van der Waals surface area contributed by atoms with Crippen molar-refractivity contribution in [2.24, 2.45) is 0 Å². The molecule has 0 heterocycles. The van der Waals surface area contributed by atoms with Gasteiger partial charge in [0, 0.05) is 6.42 Å². The van der Waals surface area contributed by atoms with Crippen LogP contribution in [0, 0.1) is 0 Å². The van der Waals surface area contributed by atoms with Gasteiger partial charge < -0.3 is 19.8 Å². The highest BCUT2D eigenvalue weighted by atomic mass is 31.2. The monoisotopic (exact) mass is 966 g/mol. The molecule has 3 N–H and O–H groups in total. The number of hydrogen-bond donors (Lipinski definition) is 3. The highest BCUT2D eigenvalue weighted by Gasteiger charge is 2.27. The van der Waals surface area contributed by atoms with Gasteiger partial charge in [-0.1, -0.05) is 262 Å². The van der Waals surface area contributed by atoms with Gasteiger partial charge in [0.2, 0.25) is 5.91 Å². The lowest BCUT2D eigenvalue weighted by Crippen LogP contribution is -2.45. The average molecular weight is 967 g/mol. The molecule has 0 aromatic carbocycles. The van der Waals surface area contributed by atoms with E-state index < -0.39 is 20.0 Å². The smallest absolute Gasteiger partial charge is 0.387 e. The number of quaternary nitrogens is 1. The number of rotatable bonds is 53. The Morgan fingerprint density at radius 3 is 1.19 bits per heavy atom. The standard InChI is InChI=1S/C58H113N2O6P/c1-6-8-10-12-14-16-18-20-22-24-26-27-28-29-30-31-32-33-34-35-37-39-41-43-45-47-49-51-57(61)56(55-66-67(63,64)65-54-53-60(3,4)5)59-58(62)52-50-48-46-44-42-40-38-36-25-23-21-19-17-15-13-11-9-7-2/h34-35,41,43,49,51,56-57,61H,6-33,36-40,42,44-48,50,52-55H2,1-5H3,(H-,59,62,63,64)/p+1/b35-34+,43-41+,51-49+. The fourth-order valence-electron chi connectivity index (χ4n) is 8.55. The van der Waals surface area contributed by atoms with E-state index in [4.69, 9.17) is 9.05 Å². The van der Waals surface area contributed by atoms with Crippen LogP contribution in [0.2, 0.25) is 0 Å². The summed E-state index contributed by atoms with van der Waals surface area (Å²) in [4.78, 5) is 23.3. The molecule has 0 spiro atoms. The number of carbonyl (C=O) groups excluding carboxylic acids is 1. The van der Waals surface area contributed by atoms with Crippen molar-refractivity contribution in [1.29, 1.82) is 0 Å². The molecule has 0 radical (unpaired) electrons. The molecule has 0 bridgehead atoms. The number of carbonyl (C=O) groups is 1. The number of aliphatic hydroxyl groups is 1. The Bertz CT molecular complexity index is 1190. The van der Waals surface area contributed by atoms with E-state index in [2.05, 4.69) is 43.5 Å². The molecule has 0 aromatic heterocycles. The zero-order valence-electron chi connectivity index (χ0n) is 45.2. The SMILES string of the molecule is CCCCCCCCCCCCCCCCCCC/C=C/CC/C=C/CC/C=C/C(O)C(COP(=O)(O)OCC[N+](C)(C)C)NC(=O)CCCCCCCCCCCCCCCCCCCC. The van der Waals surface area contributed by atoms with Crippen LogP contribution < -0.4 is 5.32 Å². The molecule has 0 fully saturated rings. The Kier molecular flexibility index (Phi) is 48.7. The fraction of sp³-hybridized carbons (Fsp3) is 0.879. The Balaban J connectivity index is 4.26. The van der Waals surface area contributed by atoms with Gasteiger partial charge in [-0.2, -0.15) is 0 Å². The number of nitrogens with zero attached hydrogens (tertiary/aromatic N) is 1. The van der Waals surface area contributed by atoms with Crippen LogP contribution in [0.25, 0.3) is 0 Å². The van der Waals surface area contributed by atoms with Crippen molar-refractivity contribution in [2.45, 2.75) is 289 Å². The minimum Gasteiger partial charge on any atom is -0.387 e. The predicted molar refractivity (Wildman–Crippen MR) is 291 cm³/mol. The van der Waals surface area contributed by atoms with Gasteiger partial charge in [-0.05, 0) is 44.9 Å². The fourth-order valence-corrected chi connectivity index (χ4v) is 9.28. The van der Waals surface area contributed by atoms with Gasteiger partial charge in [-0.3, -0.25) is 13.8 Å².